The Morgan fingerprint density at radius 1 is 1.41 bits per heavy atom. The highest BCUT2D eigenvalue weighted by Gasteiger charge is 2.10. The summed E-state index contributed by atoms with van der Waals surface area (Å²) in [6.45, 7) is 4.77. The number of hydrogen-bond donors (Lipinski definition) is 0. The fourth-order valence-corrected chi connectivity index (χ4v) is 2.39. The summed E-state index contributed by atoms with van der Waals surface area (Å²) in [7, 11) is 0. The highest BCUT2D eigenvalue weighted by atomic mass is 79.9. The molecule has 3 nitrogen and oxygen atoms in total. The second-order valence-electron chi connectivity index (χ2n) is 3.92. The largest absolute Gasteiger partial charge is 0.298 e. The Morgan fingerprint density at radius 2 is 2.18 bits per heavy atom. The van der Waals surface area contributed by atoms with Gasteiger partial charge < -0.3 is 0 Å². The van der Waals surface area contributed by atoms with E-state index in [0.717, 1.165) is 34.1 Å². The van der Waals surface area contributed by atoms with Crippen molar-refractivity contribution in [2.45, 2.75) is 20.4 Å². The van der Waals surface area contributed by atoms with Gasteiger partial charge in [-0.1, -0.05) is 15.9 Å². The molecule has 0 atom stereocenters. The smallest absolute Gasteiger partial charge is 0.153 e. The number of benzene rings is 1. The quantitative estimate of drug-likeness (QED) is 0.812. The minimum absolute atomic E-state index is 0.629. The number of carbonyl (C=O) groups is 1. The van der Waals surface area contributed by atoms with Crippen molar-refractivity contribution in [3.05, 3.63) is 40.0 Å². The number of hydrogen-bond acceptors (Lipinski definition) is 2. The second kappa shape index (κ2) is 4.84. The number of aldehydes is 1. The third-order valence-corrected chi connectivity index (χ3v) is 3.01. The molecule has 1 aromatic heterocycles. The van der Waals surface area contributed by atoms with Gasteiger partial charge >= 0.3 is 0 Å². The lowest BCUT2D eigenvalue weighted by Gasteiger charge is -2.02. The van der Waals surface area contributed by atoms with E-state index in [-0.39, 0.29) is 0 Å². The van der Waals surface area contributed by atoms with E-state index in [2.05, 4.69) is 21.0 Å². The lowest BCUT2D eigenvalue weighted by molar-refractivity contribution is 0.112. The van der Waals surface area contributed by atoms with Crippen LogP contribution < -0.4 is 0 Å². The molecule has 1 heterocycles. The zero-order valence-electron chi connectivity index (χ0n) is 9.77. The molecule has 4 heteroatoms. The highest BCUT2D eigenvalue weighted by molar-refractivity contribution is 9.10. The number of halogens is 1. The van der Waals surface area contributed by atoms with E-state index in [4.69, 9.17) is 0 Å². The maximum absolute atomic E-state index is 11.0. The molecule has 0 fully saturated rings. The van der Waals surface area contributed by atoms with Crippen molar-refractivity contribution in [1.29, 1.82) is 0 Å². The minimum atomic E-state index is 0.629. The molecular weight excluding hydrogens is 280 g/mol. The molecule has 2 rings (SSSR count). The van der Waals surface area contributed by atoms with Crippen molar-refractivity contribution >= 4 is 22.2 Å². The summed E-state index contributed by atoms with van der Waals surface area (Å²) in [6, 6.07) is 6.03. The first-order chi connectivity index (χ1) is 8.13. The van der Waals surface area contributed by atoms with Crippen LogP contribution in [0.15, 0.2) is 28.9 Å². The predicted molar refractivity (Wildman–Crippen MR) is 71.2 cm³/mol. The molecule has 0 radical (unpaired) electrons. The SMILES string of the molecule is CCn1cc(C=O)c(-c2cc(C)cc(Br)c2)n1. The minimum Gasteiger partial charge on any atom is -0.298 e. The van der Waals surface area contributed by atoms with Gasteiger partial charge in [-0.2, -0.15) is 5.10 Å². The van der Waals surface area contributed by atoms with Gasteiger partial charge in [0.1, 0.15) is 5.69 Å². The summed E-state index contributed by atoms with van der Waals surface area (Å²) < 4.78 is 2.77. The highest BCUT2D eigenvalue weighted by Crippen LogP contribution is 2.25. The van der Waals surface area contributed by atoms with Crippen molar-refractivity contribution in [3.8, 4) is 11.3 Å². The third kappa shape index (κ3) is 2.47. The molecule has 0 aliphatic carbocycles. The van der Waals surface area contributed by atoms with E-state index in [0.29, 0.717) is 5.56 Å². The molecule has 0 spiro atoms. The summed E-state index contributed by atoms with van der Waals surface area (Å²) in [6.07, 6.45) is 2.63. The van der Waals surface area contributed by atoms with Gasteiger partial charge in [0.25, 0.3) is 0 Å². The van der Waals surface area contributed by atoms with Crippen molar-refractivity contribution in [2.75, 3.05) is 0 Å². The third-order valence-electron chi connectivity index (χ3n) is 2.56. The Kier molecular flexibility index (Phi) is 3.43. The summed E-state index contributed by atoms with van der Waals surface area (Å²) in [5.41, 5.74) is 3.47. The normalized spacial score (nSPS) is 10.5. The molecule has 0 bridgehead atoms. The van der Waals surface area contributed by atoms with E-state index >= 15 is 0 Å². The Bertz CT molecular complexity index is 540. The molecular formula is C13H13BrN2O. The fourth-order valence-electron chi connectivity index (χ4n) is 1.78. The molecule has 0 saturated heterocycles. The fraction of sp³-hybridized carbons (Fsp3) is 0.231. The van der Waals surface area contributed by atoms with Gasteiger partial charge in [0.2, 0.25) is 0 Å². The first kappa shape index (κ1) is 12.0. The molecule has 0 unspecified atom stereocenters. The van der Waals surface area contributed by atoms with Gasteiger partial charge in [-0.15, -0.1) is 0 Å². The number of rotatable bonds is 3. The summed E-state index contributed by atoms with van der Waals surface area (Å²) >= 11 is 3.46. The van der Waals surface area contributed by atoms with Gasteiger partial charge in [-0.3, -0.25) is 9.48 Å². The number of carbonyl (C=O) groups excluding carboxylic acids is 1. The molecule has 2 aromatic rings. The molecule has 0 amide bonds. The van der Waals surface area contributed by atoms with Crippen LogP contribution in [0.5, 0.6) is 0 Å². The van der Waals surface area contributed by atoms with Crippen LogP contribution in [0.1, 0.15) is 22.8 Å². The second-order valence-corrected chi connectivity index (χ2v) is 4.84. The standard InChI is InChI=1S/C13H13BrN2O/c1-3-16-7-11(8-17)13(15-16)10-4-9(2)5-12(14)6-10/h4-8H,3H2,1-2H3. The monoisotopic (exact) mass is 292 g/mol. The van der Waals surface area contributed by atoms with Crippen molar-refractivity contribution in [2.24, 2.45) is 0 Å². The lowest BCUT2D eigenvalue weighted by atomic mass is 10.1. The maximum Gasteiger partial charge on any atom is 0.153 e. The van der Waals surface area contributed by atoms with Gasteiger partial charge in [-0.05, 0) is 37.6 Å². The van der Waals surface area contributed by atoms with Crippen molar-refractivity contribution in [3.63, 3.8) is 0 Å². The molecule has 0 aliphatic heterocycles. The molecule has 17 heavy (non-hydrogen) atoms. The Labute approximate surface area is 109 Å². The molecule has 88 valence electrons. The Hall–Kier alpha value is -1.42. The average Bonchev–Trinajstić information content (AvgIpc) is 2.70. The zero-order valence-corrected chi connectivity index (χ0v) is 11.4. The van der Waals surface area contributed by atoms with Crippen LogP contribution >= 0.6 is 15.9 Å². The van der Waals surface area contributed by atoms with Crippen LogP contribution in [-0.2, 0) is 6.54 Å². The van der Waals surface area contributed by atoms with E-state index in [1.165, 1.54) is 0 Å². The van der Waals surface area contributed by atoms with Gasteiger partial charge in [-0.25, -0.2) is 0 Å². The van der Waals surface area contributed by atoms with E-state index < -0.39 is 0 Å². The molecule has 1 aromatic carbocycles. The predicted octanol–water partition coefficient (Wildman–Crippen LogP) is 3.45. The summed E-state index contributed by atoms with van der Waals surface area (Å²) in [5.74, 6) is 0. The van der Waals surface area contributed by atoms with Crippen molar-refractivity contribution in [1.82, 2.24) is 9.78 Å². The summed E-state index contributed by atoms with van der Waals surface area (Å²) in [4.78, 5) is 11.0. The maximum atomic E-state index is 11.0. The summed E-state index contributed by atoms with van der Waals surface area (Å²) in [5, 5.41) is 4.42. The van der Waals surface area contributed by atoms with Gasteiger partial charge in [0.05, 0.1) is 5.56 Å². The number of aromatic nitrogens is 2. The van der Waals surface area contributed by atoms with Crippen LogP contribution in [0.25, 0.3) is 11.3 Å². The topological polar surface area (TPSA) is 34.9 Å². The van der Waals surface area contributed by atoms with Crippen LogP contribution in [0, 0.1) is 6.92 Å². The van der Waals surface area contributed by atoms with Crippen LogP contribution in [-0.4, -0.2) is 16.1 Å². The Balaban J connectivity index is 2.58. The number of nitrogens with zero attached hydrogens (tertiary/aromatic N) is 2. The van der Waals surface area contributed by atoms with Crippen LogP contribution in [0.2, 0.25) is 0 Å². The van der Waals surface area contributed by atoms with Crippen LogP contribution in [0.3, 0.4) is 0 Å². The molecule has 0 N–H and O–H groups in total. The molecule has 0 aliphatic rings. The van der Waals surface area contributed by atoms with E-state index in [9.17, 15) is 4.79 Å². The van der Waals surface area contributed by atoms with Crippen molar-refractivity contribution < 1.29 is 4.79 Å². The Morgan fingerprint density at radius 3 is 2.76 bits per heavy atom. The van der Waals surface area contributed by atoms with Gasteiger partial charge in [0, 0.05) is 22.8 Å². The average molecular weight is 293 g/mol. The lowest BCUT2D eigenvalue weighted by Crippen LogP contribution is -1.94. The first-order valence-corrected chi connectivity index (χ1v) is 6.23. The van der Waals surface area contributed by atoms with Gasteiger partial charge in [0.15, 0.2) is 6.29 Å². The van der Waals surface area contributed by atoms with E-state index in [1.807, 2.05) is 32.0 Å². The first-order valence-electron chi connectivity index (χ1n) is 5.44. The number of aryl methyl sites for hydroxylation is 2. The van der Waals surface area contributed by atoms with Crippen LogP contribution in [0.4, 0.5) is 0 Å². The molecule has 0 saturated carbocycles. The zero-order chi connectivity index (χ0) is 12.4. The van der Waals surface area contributed by atoms with E-state index in [1.54, 1.807) is 10.9 Å².